The number of ether oxygens (including phenoxy) is 1. The molecule has 0 heterocycles. The van der Waals surface area contributed by atoms with E-state index in [1.807, 2.05) is 6.92 Å². The first-order valence-corrected chi connectivity index (χ1v) is 5.03. The number of hydrogen-bond acceptors (Lipinski definition) is 1. The fourth-order valence-electron chi connectivity index (χ4n) is 1.01. The van der Waals surface area contributed by atoms with E-state index in [0.717, 1.165) is 26.1 Å². The quantitative estimate of drug-likeness (QED) is 0.449. The molecule has 0 radical (unpaired) electrons. The minimum absolute atomic E-state index is 0.761. The van der Waals surface area contributed by atoms with Crippen LogP contribution in [0.15, 0.2) is 23.3 Å². The lowest BCUT2D eigenvalue weighted by molar-refractivity contribution is 0.177. The Bertz CT molecular complexity index is 174. The van der Waals surface area contributed by atoms with Gasteiger partial charge in [0, 0.05) is 6.61 Å². The molecule has 0 rings (SSSR count). The first-order valence-electron chi connectivity index (χ1n) is 5.03. The van der Waals surface area contributed by atoms with Crippen molar-refractivity contribution in [3.05, 3.63) is 23.3 Å². The predicted octanol–water partition coefficient (Wildman–Crippen LogP) is 3.72. The first-order chi connectivity index (χ1) is 6.16. The predicted molar refractivity (Wildman–Crippen MR) is 58.9 cm³/mol. The molecule has 0 aliphatic rings. The molecule has 1 nitrogen and oxygen atoms in total. The van der Waals surface area contributed by atoms with Crippen LogP contribution in [0, 0.1) is 0 Å². The van der Waals surface area contributed by atoms with E-state index in [1.54, 1.807) is 0 Å². The molecular weight excluding hydrogens is 160 g/mol. The molecule has 0 saturated heterocycles. The maximum absolute atomic E-state index is 5.24. The molecule has 13 heavy (non-hydrogen) atoms. The summed E-state index contributed by atoms with van der Waals surface area (Å²) < 4.78 is 5.24. The minimum Gasteiger partial charge on any atom is -0.378 e. The van der Waals surface area contributed by atoms with Crippen molar-refractivity contribution in [1.82, 2.24) is 0 Å². The third-order valence-corrected chi connectivity index (χ3v) is 1.85. The molecule has 0 amide bonds. The highest BCUT2D eigenvalue weighted by Crippen LogP contribution is 2.06. The van der Waals surface area contributed by atoms with E-state index in [4.69, 9.17) is 4.74 Å². The SMILES string of the molecule is CCOC/C=C(\C)CCC=C(C)C. The fraction of sp³-hybridized carbons (Fsp3) is 0.667. The molecule has 0 unspecified atom stereocenters. The molecular formula is C12H22O. The lowest BCUT2D eigenvalue weighted by Gasteiger charge is -1.99. The molecule has 0 saturated carbocycles. The number of rotatable bonds is 6. The van der Waals surface area contributed by atoms with Crippen molar-refractivity contribution in [3.8, 4) is 0 Å². The molecule has 0 spiro atoms. The summed E-state index contributed by atoms with van der Waals surface area (Å²) in [6.45, 7) is 10.0. The van der Waals surface area contributed by atoms with Gasteiger partial charge in [0.05, 0.1) is 6.61 Å². The molecule has 0 aromatic heterocycles. The lowest BCUT2D eigenvalue weighted by atomic mass is 10.1. The van der Waals surface area contributed by atoms with E-state index in [0.29, 0.717) is 0 Å². The molecule has 0 N–H and O–H groups in total. The van der Waals surface area contributed by atoms with Crippen LogP contribution in [-0.2, 0) is 4.74 Å². The molecule has 0 aromatic rings. The average molecular weight is 182 g/mol. The van der Waals surface area contributed by atoms with Crippen LogP contribution in [-0.4, -0.2) is 13.2 Å². The average Bonchev–Trinajstić information content (AvgIpc) is 2.04. The van der Waals surface area contributed by atoms with Crippen LogP contribution in [0.5, 0.6) is 0 Å². The molecule has 0 aromatic carbocycles. The summed E-state index contributed by atoms with van der Waals surface area (Å²) in [7, 11) is 0. The second kappa shape index (κ2) is 8.06. The summed E-state index contributed by atoms with van der Waals surface area (Å²) in [5.41, 5.74) is 2.82. The van der Waals surface area contributed by atoms with Crippen molar-refractivity contribution in [2.75, 3.05) is 13.2 Å². The van der Waals surface area contributed by atoms with Crippen LogP contribution >= 0.6 is 0 Å². The van der Waals surface area contributed by atoms with Crippen LogP contribution in [0.25, 0.3) is 0 Å². The fourth-order valence-corrected chi connectivity index (χ4v) is 1.01. The molecule has 0 aliphatic heterocycles. The summed E-state index contributed by atoms with van der Waals surface area (Å²) in [5.74, 6) is 0. The zero-order chi connectivity index (χ0) is 10.1. The topological polar surface area (TPSA) is 9.23 Å². The maximum Gasteiger partial charge on any atom is 0.0649 e. The van der Waals surface area contributed by atoms with Crippen LogP contribution in [0.2, 0.25) is 0 Å². The van der Waals surface area contributed by atoms with Gasteiger partial charge in [-0.05, 0) is 40.5 Å². The van der Waals surface area contributed by atoms with E-state index in [1.165, 1.54) is 11.1 Å². The van der Waals surface area contributed by atoms with Crippen molar-refractivity contribution in [2.24, 2.45) is 0 Å². The Morgan fingerprint density at radius 3 is 2.38 bits per heavy atom. The Kier molecular flexibility index (Phi) is 7.71. The highest BCUT2D eigenvalue weighted by Gasteiger charge is 1.88. The van der Waals surface area contributed by atoms with Gasteiger partial charge in [-0.25, -0.2) is 0 Å². The van der Waals surface area contributed by atoms with Crippen molar-refractivity contribution in [1.29, 1.82) is 0 Å². The summed E-state index contributed by atoms with van der Waals surface area (Å²) in [6, 6.07) is 0. The third kappa shape index (κ3) is 9.35. The van der Waals surface area contributed by atoms with E-state index < -0.39 is 0 Å². The largest absolute Gasteiger partial charge is 0.378 e. The second-order valence-electron chi connectivity index (χ2n) is 3.53. The van der Waals surface area contributed by atoms with Gasteiger partial charge in [-0.2, -0.15) is 0 Å². The molecule has 76 valence electrons. The van der Waals surface area contributed by atoms with Crippen LogP contribution in [0.3, 0.4) is 0 Å². The monoisotopic (exact) mass is 182 g/mol. The maximum atomic E-state index is 5.24. The standard InChI is InChI=1S/C12H22O/c1-5-13-10-9-12(4)8-6-7-11(2)3/h7,9H,5-6,8,10H2,1-4H3/b12-9+. The Morgan fingerprint density at radius 2 is 1.85 bits per heavy atom. The van der Waals surface area contributed by atoms with Crippen LogP contribution in [0.1, 0.15) is 40.5 Å². The van der Waals surface area contributed by atoms with E-state index >= 15 is 0 Å². The zero-order valence-corrected chi connectivity index (χ0v) is 9.39. The molecule has 1 heteroatoms. The normalized spacial score (nSPS) is 11.5. The number of hydrogen-bond donors (Lipinski definition) is 0. The van der Waals surface area contributed by atoms with Crippen molar-refractivity contribution < 1.29 is 4.74 Å². The third-order valence-electron chi connectivity index (χ3n) is 1.85. The Balaban J connectivity index is 3.55. The number of allylic oxidation sites excluding steroid dienone is 3. The van der Waals surface area contributed by atoms with Gasteiger partial charge in [0.15, 0.2) is 0 Å². The van der Waals surface area contributed by atoms with Gasteiger partial charge in [0.25, 0.3) is 0 Å². The van der Waals surface area contributed by atoms with E-state index in [9.17, 15) is 0 Å². The van der Waals surface area contributed by atoms with Crippen molar-refractivity contribution in [3.63, 3.8) is 0 Å². The van der Waals surface area contributed by atoms with E-state index in [-0.39, 0.29) is 0 Å². The Labute approximate surface area is 82.5 Å². The molecule has 0 aliphatic carbocycles. The highest BCUT2D eigenvalue weighted by atomic mass is 16.5. The van der Waals surface area contributed by atoms with Crippen LogP contribution < -0.4 is 0 Å². The smallest absolute Gasteiger partial charge is 0.0649 e. The first kappa shape index (κ1) is 12.4. The van der Waals surface area contributed by atoms with Gasteiger partial charge >= 0.3 is 0 Å². The van der Waals surface area contributed by atoms with Crippen molar-refractivity contribution in [2.45, 2.75) is 40.5 Å². The zero-order valence-electron chi connectivity index (χ0n) is 9.39. The van der Waals surface area contributed by atoms with Gasteiger partial charge in [-0.3, -0.25) is 0 Å². The van der Waals surface area contributed by atoms with Gasteiger partial charge in [0.2, 0.25) is 0 Å². The lowest BCUT2D eigenvalue weighted by Crippen LogP contribution is -1.90. The van der Waals surface area contributed by atoms with Gasteiger partial charge in [-0.15, -0.1) is 0 Å². The Morgan fingerprint density at radius 1 is 1.15 bits per heavy atom. The van der Waals surface area contributed by atoms with E-state index in [2.05, 4.69) is 32.9 Å². The second-order valence-corrected chi connectivity index (χ2v) is 3.53. The van der Waals surface area contributed by atoms with Gasteiger partial charge in [-0.1, -0.05) is 23.3 Å². The summed E-state index contributed by atoms with van der Waals surface area (Å²) >= 11 is 0. The van der Waals surface area contributed by atoms with Crippen LogP contribution in [0.4, 0.5) is 0 Å². The molecule has 0 bridgehead atoms. The minimum atomic E-state index is 0.761. The van der Waals surface area contributed by atoms with Crippen molar-refractivity contribution >= 4 is 0 Å². The summed E-state index contributed by atoms with van der Waals surface area (Å²) in [5, 5.41) is 0. The van der Waals surface area contributed by atoms with Gasteiger partial charge in [0.1, 0.15) is 0 Å². The molecule has 0 atom stereocenters. The summed E-state index contributed by atoms with van der Waals surface area (Å²) in [4.78, 5) is 0. The highest BCUT2D eigenvalue weighted by molar-refractivity contribution is 5.02. The Hall–Kier alpha value is -0.560. The molecule has 0 fully saturated rings. The summed E-state index contributed by atoms with van der Waals surface area (Å²) in [6.07, 6.45) is 6.75. The van der Waals surface area contributed by atoms with Gasteiger partial charge < -0.3 is 4.74 Å².